The molecule has 21 heavy (non-hydrogen) atoms. The van der Waals surface area contributed by atoms with E-state index in [1.165, 1.54) is 6.07 Å². The van der Waals surface area contributed by atoms with E-state index in [1.807, 2.05) is 0 Å². The molecule has 0 aromatic heterocycles. The first-order chi connectivity index (χ1) is 10.0. The molecule has 5 nitrogen and oxygen atoms in total. The minimum atomic E-state index is -0.744. The maximum Gasteiger partial charge on any atom is 0.303 e. The molecule has 0 aliphatic heterocycles. The number of unbranched alkanes of at least 4 members (excludes halogenated alkanes) is 4. The number of phenols is 1. The molecule has 0 heterocycles. The molecular formula is C16H23NO4. The highest BCUT2D eigenvalue weighted by atomic mass is 16.4. The van der Waals surface area contributed by atoms with Crippen LogP contribution < -0.4 is 5.32 Å². The molecular weight excluding hydrogens is 270 g/mol. The molecule has 0 spiro atoms. The van der Waals surface area contributed by atoms with Gasteiger partial charge in [-0.05, 0) is 43.5 Å². The molecule has 0 saturated carbocycles. The highest BCUT2D eigenvalue weighted by Crippen LogP contribution is 2.16. The van der Waals surface area contributed by atoms with Gasteiger partial charge in [-0.1, -0.05) is 19.3 Å². The van der Waals surface area contributed by atoms with Gasteiger partial charge < -0.3 is 15.5 Å². The summed E-state index contributed by atoms with van der Waals surface area (Å²) in [5.74, 6) is -0.691. The molecule has 0 aliphatic carbocycles. The molecule has 0 unspecified atom stereocenters. The lowest BCUT2D eigenvalue weighted by atomic mass is 10.1. The van der Waals surface area contributed by atoms with E-state index in [4.69, 9.17) is 5.11 Å². The summed E-state index contributed by atoms with van der Waals surface area (Å²) >= 11 is 0. The van der Waals surface area contributed by atoms with Gasteiger partial charge in [-0.25, -0.2) is 0 Å². The van der Waals surface area contributed by atoms with E-state index in [0.717, 1.165) is 25.7 Å². The van der Waals surface area contributed by atoms with Gasteiger partial charge in [0.15, 0.2) is 0 Å². The molecule has 0 fully saturated rings. The van der Waals surface area contributed by atoms with Gasteiger partial charge in [0.2, 0.25) is 0 Å². The van der Waals surface area contributed by atoms with Gasteiger partial charge >= 0.3 is 5.97 Å². The summed E-state index contributed by atoms with van der Waals surface area (Å²) < 4.78 is 0. The number of aromatic hydroxyl groups is 1. The van der Waals surface area contributed by atoms with Gasteiger partial charge in [0.05, 0.1) is 0 Å². The third-order valence-corrected chi connectivity index (χ3v) is 3.31. The SMILES string of the molecule is Cc1cc(C(=O)NCCCCCCCC(=O)O)ccc1O. The van der Waals surface area contributed by atoms with Crippen molar-refractivity contribution in [2.24, 2.45) is 0 Å². The van der Waals surface area contributed by atoms with Crippen LogP contribution in [-0.4, -0.2) is 28.6 Å². The second-order valence-corrected chi connectivity index (χ2v) is 5.17. The number of carboxylic acid groups (broad SMARTS) is 1. The van der Waals surface area contributed by atoms with Gasteiger partial charge in [0.1, 0.15) is 5.75 Å². The van der Waals surface area contributed by atoms with Crippen molar-refractivity contribution in [3.8, 4) is 5.75 Å². The average molecular weight is 293 g/mol. The first-order valence-corrected chi connectivity index (χ1v) is 7.30. The number of aliphatic carboxylic acids is 1. The smallest absolute Gasteiger partial charge is 0.303 e. The van der Waals surface area contributed by atoms with E-state index in [1.54, 1.807) is 19.1 Å². The lowest BCUT2D eigenvalue weighted by Crippen LogP contribution is -2.24. The fraction of sp³-hybridized carbons (Fsp3) is 0.500. The molecule has 1 aromatic carbocycles. The number of rotatable bonds is 9. The number of benzene rings is 1. The summed E-state index contributed by atoms with van der Waals surface area (Å²) in [5.41, 5.74) is 1.23. The molecule has 116 valence electrons. The lowest BCUT2D eigenvalue weighted by molar-refractivity contribution is -0.137. The van der Waals surface area contributed by atoms with Crippen LogP contribution in [0.4, 0.5) is 0 Å². The molecule has 0 saturated heterocycles. The van der Waals surface area contributed by atoms with Crippen molar-refractivity contribution in [1.82, 2.24) is 5.32 Å². The van der Waals surface area contributed by atoms with Crippen LogP contribution in [0.25, 0.3) is 0 Å². The van der Waals surface area contributed by atoms with Crippen molar-refractivity contribution >= 4 is 11.9 Å². The summed E-state index contributed by atoms with van der Waals surface area (Å²) in [6.07, 6.45) is 4.72. The molecule has 3 N–H and O–H groups in total. The largest absolute Gasteiger partial charge is 0.508 e. The second kappa shape index (κ2) is 9.00. The molecule has 1 rings (SSSR count). The van der Waals surface area contributed by atoms with Crippen LogP contribution in [0.15, 0.2) is 18.2 Å². The maximum absolute atomic E-state index is 11.9. The van der Waals surface area contributed by atoms with Gasteiger partial charge in [-0.2, -0.15) is 0 Å². The minimum absolute atomic E-state index is 0.135. The molecule has 5 heteroatoms. The topological polar surface area (TPSA) is 86.6 Å². The first-order valence-electron chi connectivity index (χ1n) is 7.30. The Morgan fingerprint density at radius 3 is 2.43 bits per heavy atom. The van der Waals surface area contributed by atoms with Crippen LogP contribution in [0, 0.1) is 6.92 Å². The van der Waals surface area contributed by atoms with Crippen LogP contribution in [0.1, 0.15) is 54.4 Å². The van der Waals surface area contributed by atoms with E-state index in [9.17, 15) is 14.7 Å². The summed E-state index contributed by atoms with van der Waals surface area (Å²) in [7, 11) is 0. The summed E-state index contributed by atoms with van der Waals surface area (Å²) in [6.45, 7) is 2.36. The van der Waals surface area contributed by atoms with E-state index in [-0.39, 0.29) is 18.1 Å². The molecule has 0 aliphatic rings. The fourth-order valence-corrected chi connectivity index (χ4v) is 2.03. The Morgan fingerprint density at radius 1 is 1.10 bits per heavy atom. The Balaban J connectivity index is 2.13. The number of phenolic OH excluding ortho intramolecular Hbond substituents is 1. The number of carboxylic acids is 1. The number of amides is 1. The average Bonchev–Trinajstić information content (AvgIpc) is 2.44. The fourth-order valence-electron chi connectivity index (χ4n) is 2.03. The van der Waals surface area contributed by atoms with Crippen molar-refractivity contribution in [1.29, 1.82) is 0 Å². The normalized spacial score (nSPS) is 10.3. The molecule has 1 aromatic rings. The van der Waals surface area contributed by atoms with Crippen LogP contribution in [-0.2, 0) is 4.79 Å². The van der Waals surface area contributed by atoms with Crippen LogP contribution in [0.3, 0.4) is 0 Å². The number of hydrogen-bond acceptors (Lipinski definition) is 3. The lowest BCUT2D eigenvalue weighted by Gasteiger charge is -2.06. The standard InChI is InChI=1S/C16H23NO4/c1-12-11-13(8-9-14(12)18)16(21)17-10-6-4-2-3-5-7-15(19)20/h8-9,11,18H,2-7,10H2,1H3,(H,17,21)(H,19,20). The van der Waals surface area contributed by atoms with Crippen LogP contribution in [0.5, 0.6) is 5.75 Å². The van der Waals surface area contributed by atoms with Crippen LogP contribution >= 0.6 is 0 Å². The monoisotopic (exact) mass is 293 g/mol. The van der Waals surface area contributed by atoms with E-state index < -0.39 is 5.97 Å². The number of nitrogens with one attached hydrogen (secondary N) is 1. The van der Waals surface area contributed by atoms with E-state index in [0.29, 0.717) is 24.1 Å². The third-order valence-electron chi connectivity index (χ3n) is 3.31. The van der Waals surface area contributed by atoms with Gasteiger partial charge in [0, 0.05) is 18.5 Å². The van der Waals surface area contributed by atoms with Crippen molar-refractivity contribution < 1.29 is 19.8 Å². The van der Waals surface area contributed by atoms with E-state index in [2.05, 4.69) is 5.32 Å². The zero-order valence-electron chi connectivity index (χ0n) is 12.4. The van der Waals surface area contributed by atoms with E-state index >= 15 is 0 Å². The number of aryl methyl sites for hydroxylation is 1. The summed E-state index contributed by atoms with van der Waals surface area (Å²) in [4.78, 5) is 22.2. The van der Waals surface area contributed by atoms with Crippen molar-refractivity contribution in [3.63, 3.8) is 0 Å². The second-order valence-electron chi connectivity index (χ2n) is 5.17. The molecule has 1 amide bonds. The van der Waals surface area contributed by atoms with Crippen molar-refractivity contribution in [3.05, 3.63) is 29.3 Å². The third kappa shape index (κ3) is 6.79. The summed E-state index contributed by atoms with van der Waals surface area (Å²) in [5, 5.41) is 20.7. The van der Waals surface area contributed by atoms with Gasteiger partial charge in [0.25, 0.3) is 5.91 Å². The molecule has 0 radical (unpaired) electrons. The zero-order chi connectivity index (χ0) is 15.7. The Hall–Kier alpha value is -2.04. The quantitative estimate of drug-likeness (QED) is 0.611. The highest BCUT2D eigenvalue weighted by molar-refractivity contribution is 5.94. The zero-order valence-corrected chi connectivity index (χ0v) is 12.4. The van der Waals surface area contributed by atoms with Crippen molar-refractivity contribution in [2.75, 3.05) is 6.54 Å². The number of carbonyl (C=O) groups excluding carboxylic acids is 1. The van der Waals surface area contributed by atoms with Crippen molar-refractivity contribution in [2.45, 2.75) is 45.4 Å². The predicted molar refractivity (Wildman–Crippen MR) is 80.5 cm³/mol. The Kier molecular flexibility index (Phi) is 7.29. The number of carbonyl (C=O) groups is 2. The Bertz CT molecular complexity index is 485. The summed E-state index contributed by atoms with van der Waals surface area (Å²) in [6, 6.07) is 4.78. The predicted octanol–water partition coefficient (Wildman–Crippen LogP) is 2.86. The molecule has 0 atom stereocenters. The maximum atomic E-state index is 11.9. The van der Waals surface area contributed by atoms with Gasteiger partial charge in [-0.3, -0.25) is 9.59 Å². The number of hydrogen-bond donors (Lipinski definition) is 3. The Labute approximate surface area is 125 Å². The molecule has 0 bridgehead atoms. The van der Waals surface area contributed by atoms with Crippen LogP contribution in [0.2, 0.25) is 0 Å². The minimum Gasteiger partial charge on any atom is -0.508 e. The van der Waals surface area contributed by atoms with Gasteiger partial charge in [-0.15, -0.1) is 0 Å². The Morgan fingerprint density at radius 2 is 1.76 bits per heavy atom. The highest BCUT2D eigenvalue weighted by Gasteiger charge is 2.06. The first kappa shape index (κ1) is 17.0.